The van der Waals surface area contributed by atoms with E-state index in [1.165, 1.54) is 38.5 Å². The zero-order chi connectivity index (χ0) is 17.2. The molecule has 0 bridgehead atoms. The van der Waals surface area contributed by atoms with Crippen molar-refractivity contribution >= 4 is 5.97 Å². The Hall–Kier alpha value is -1.31. The average molecular weight is 321 g/mol. The molecule has 0 saturated carbocycles. The van der Waals surface area contributed by atoms with Crippen LogP contribution in [-0.4, -0.2) is 12.1 Å². The van der Waals surface area contributed by atoms with Gasteiger partial charge in [-0.25, -0.2) is 0 Å². The van der Waals surface area contributed by atoms with Crippen LogP contribution in [0.5, 0.6) is 0 Å². The molecule has 0 saturated heterocycles. The molecule has 0 N–H and O–H groups in total. The van der Waals surface area contributed by atoms with E-state index in [4.69, 9.17) is 4.74 Å². The Balaban J connectivity index is 3.35. The number of ether oxygens (including phenoxy) is 1. The summed E-state index contributed by atoms with van der Waals surface area (Å²) in [6.07, 6.45) is 24.1. The van der Waals surface area contributed by atoms with Crippen LogP contribution in [0.25, 0.3) is 0 Å². The molecule has 0 heterocycles. The highest BCUT2D eigenvalue weighted by Crippen LogP contribution is 2.08. The third-order valence-electron chi connectivity index (χ3n) is 3.45. The predicted octanol–water partition coefficient (Wildman–Crippen LogP) is 6.53. The highest BCUT2D eigenvalue weighted by molar-refractivity contribution is 5.69. The van der Waals surface area contributed by atoms with Gasteiger partial charge in [-0.2, -0.15) is 0 Å². The van der Waals surface area contributed by atoms with Crippen molar-refractivity contribution in [1.82, 2.24) is 0 Å². The van der Waals surface area contributed by atoms with Crippen LogP contribution in [0.3, 0.4) is 0 Å². The SMILES string of the molecule is CCCCC=CC=CC=CCCCCCCCC(=O)OC(C)C. The predicted molar refractivity (Wildman–Crippen MR) is 100 cm³/mol. The largest absolute Gasteiger partial charge is 0.463 e. The van der Waals surface area contributed by atoms with Crippen molar-refractivity contribution in [3.63, 3.8) is 0 Å². The summed E-state index contributed by atoms with van der Waals surface area (Å²) in [5.74, 6) is -0.0570. The normalized spacial score (nSPS) is 12.2. The lowest BCUT2D eigenvalue weighted by atomic mass is 10.1. The Kier molecular flexibility index (Phi) is 16.1. The van der Waals surface area contributed by atoms with E-state index in [0.717, 1.165) is 19.3 Å². The molecule has 0 aliphatic carbocycles. The molecule has 2 heteroatoms. The quantitative estimate of drug-likeness (QED) is 0.207. The lowest BCUT2D eigenvalue weighted by Gasteiger charge is -2.07. The molecule has 0 amide bonds. The summed E-state index contributed by atoms with van der Waals surface area (Å²) in [6, 6.07) is 0. The van der Waals surface area contributed by atoms with Crippen LogP contribution in [0.15, 0.2) is 36.5 Å². The maximum absolute atomic E-state index is 11.3. The minimum Gasteiger partial charge on any atom is -0.463 e. The van der Waals surface area contributed by atoms with E-state index < -0.39 is 0 Å². The fourth-order valence-electron chi connectivity index (χ4n) is 2.18. The lowest BCUT2D eigenvalue weighted by molar-refractivity contribution is -0.147. The van der Waals surface area contributed by atoms with Gasteiger partial charge in [0.05, 0.1) is 6.10 Å². The first-order valence-corrected chi connectivity index (χ1v) is 9.34. The standard InChI is InChI=1S/C21H36O2/c1-4-5-6-7-8-9-10-11-12-13-14-15-16-17-18-19-21(22)23-20(2)3/h7-12,20H,4-6,13-19H2,1-3H3. The molecular formula is C21H36O2. The van der Waals surface area contributed by atoms with Gasteiger partial charge in [-0.1, -0.05) is 75.5 Å². The third kappa shape index (κ3) is 18.6. The van der Waals surface area contributed by atoms with Gasteiger partial charge < -0.3 is 4.74 Å². The highest BCUT2D eigenvalue weighted by atomic mass is 16.5. The van der Waals surface area contributed by atoms with Gasteiger partial charge in [-0.3, -0.25) is 4.79 Å². The Labute approximate surface area is 143 Å². The van der Waals surface area contributed by atoms with Gasteiger partial charge in [0.15, 0.2) is 0 Å². The smallest absolute Gasteiger partial charge is 0.306 e. The molecular weight excluding hydrogens is 284 g/mol. The Morgan fingerprint density at radius 3 is 2.00 bits per heavy atom. The summed E-state index contributed by atoms with van der Waals surface area (Å²) in [6.45, 7) is 6.00. The van der Waals surface area contributed by atoms with Crippen LogP contribution in [0, 0.1) is 0 Å². The zero-order valence-corrected chi connectivity index (χ0v) is 15.4. The van der Waals surface area contributed by atoms with Crippen molar-refractivity contribution in [2.24, 2.45) is 0 Å². The van der Waals surface area contributed by atoms with Gasteiger partial charge in [0.25, 0.3) is 0 Å². The van der Waals surface area contributed by atoms with Crippen molar-refractivity contribution in [2.45, 2.75) is 91.1 Å². The Bertz CT molecular complexity index is 351. The molecule has 0 fully saturated rings. The third-order valence-corrected chi connectivity index (χ3v) is 3.45. The van der Waals surface area contributed by atoms with Crippen molar-refractivity contribution in [1.29, 1.82) is 0 Å². The van der Waals surface area contributed by atoms with E-state index in [0.29, 0.717) is 6.42 Å². The molecule has 0 aliphatic heterocycles. The fraction of sp³-hybridized carbons (Fsp3) is 0.667. The van der Waals surface area contributed by atoms with Crippen LogP contribution in [0.1, 0.15) is 85.0 Å². The van der Waals surface area contributed by atoms with E-state index in [1.807, 2.05) is 13.8 Å². The van der Waals surface area contributed by atoms with E-state index in [9.17, 15) is 4.79 Å². The summed E-state index contributed by atoms with van der Waals surface area (Å²) >= 11 is 0. The molecule has 0 aliphatic rings. The summed E-state index contributed by atoms with van der Waals surface area (Å²) in [5, 5.41) is 0. The molecule has 0 radical (unpaired) electrons. The number of unbranched alkanes of at least 4 members (excludes halogenated alkanes) is 7. The van der Waals surface area contributed by atoms with E-state index in [1.54, 1.807) is 0 Å². The van der Waals surface area contributed by atoms with Crippen molar-refractivity contribution in [3.05, 3.63) is 36.5 Å². The summed E-state index contributed by atoms with van der Waals surface area (Å²) < 4.78 is 5.11. The van der Waals surface area contributed by atoms with Gasteiger partial charge in [0.2, 0.25) is 0 Å². The first-order valence-electron chi connectivity index (χ1n) is 9.34. The maximum atomic E-state index is 11.3. The van der Waals surface area contributed by atoms with Crippen LogP contribution < -0.4 is 0 Å². The second kappa shape index (κ2) is 17.1. The number of carbonyl (C=O) groups is 1. The van der Waals surface area contributed by atoms with E-state index in [2.05, 4.69) is 43.4 Å². The zero-order valence-electron chi connectivity index (χ0n) is 15.4. The first-order chi connectivity index (χ1) is 11.2. The topological polar surface area (TPSA) is 26.3 Å². The summed E-state index contributed by atoms with van der Waals surface area (Å²) in [5.41, 5.74) is 0. The van der Waals surface area contributed by atoms with E-state index in [-0.39, 0.29) is 12.1 Å². The second-order valence-electron chi connectivity index (χ2n) is 6.23. The Morgan fingerprint density at radius 1 is 0.826 bits per heavy atom. The minimum absolute atomic E-state index is 0.00941. The Morgan fingerprint density at radius 2 is 1.39 bits per heavy atom. The van der Waals surface area contributed by atoms with E-state index >= 15 is 0 Å². The van der Waals surface area contributed by atoms with Crippen molar-refractivity contribution < 1.29 is 9.53 Å². The summed E-state index contributed by atoms with van der Waals surface area (Å²) in [4.78, 5) is 11.3. The van der Waals surface area contributed by atoms with Gasteiger partial charge in [-0.15, -0.1) is 0 Å². The molecule has 0 atom stereocenters. The van der Waals surface area contributed by atoms with Crippen molar-refractivity contribution in [2.75, 3.05) is 0 Å². The first kappa shape index (κ1) is 21.7. The fourth-order valence-corrected chi connectivity index (χ4v) is 2.18. The molecule has 0 rings (SSSR count). The summed E-state index contributed by atoms with van der Waals surface area (Å²) in [7, 11) is 0. The molecule has 0 aromatic rings. The van der Waals surface area contributed by atoms with Crippen molar-refractivity contribution in [3.8, 4) is 0 Å². The number of hydrogen-bond donors (Lipinski definition) is 0. The van der Waals surface area contributed by atoms with Gasteiger partial charge in [0.1, 0.15) is 0 Å². The molecule has 0 aromatic carbocycles. The lowest BCUT2D eigenvalue weighted by Crippen LogP contribution is -2.10. The molecule has 2 nitrogen and oxygen atoms in total. The number of hydrogen-bond acceptors (Lipinski definition) is 2. The molecule has 0 unspecified atom stereocenters. The van der Waals surface area contributed by atoms with Gasteiger partial charge >= 0.3 is 5.97 Å². The molecule has 0 spiro atoms. The van der Waals surface area contributed by atoms with Crippen LogP contribution in [-0.2, 0) is 9.53 Å². The molecule has 0 aromatic heterocycles. The van der Waals surface area contributed by atoms with Gasteiger partial charge in [0, 0.05) is 6.42 Å². The van der Waals surface area contributed by atoms with Crippen LogP contribution >= 0.6 is 0 Å². The minimum atomic E-state index is -0.0570. The average Bonchev–Trinajstić information content (AvgIpc) is 2.50. The number of rotatable bonds is 14. The maximum Gasteiger partial charge on any atom is 0.306 e. The molecule has 132 valence electrons. The number of esters is 1. The van der Waals surface area contributed by atoms with Crippen LogP contribution in [0.4, 0.5) is 0 Å². The van der Waals surface area contributed by atoms with Gasteiger partial charge in [-0.05, 0) is 39.5 Å². The second-order valence-corrected chi connectivity index (χ2v) is 6.23. The molecule has 23 heavy (non-hydrogen) atoms. The van der Waals surface area contributed by atoms with Crippen LogP contribution in [0.2, 0.25) is 0 Å². The highest BCUT2D eigenvalue weighted by Gasteiger charge is 2.04. The number of allylic oxidation sites excluding steroid dienone is 6. The monoisotopic (exact) mass is 320 g/mol. The number of carbonyl (C=O) groups excluding carboxylic acids is 1.